The number of non-ortho nitro benzene ring substituents is 2. The fourth-order valence-electron chi connectivity index (χ4n) is 3.13. The normalized spacial score (nSPS) is 12.6. The summed E-state index contributed by atoms with van der Waals surface area (Å²) in [6.07, 6.45) is 4.94. The molecule has 10 nitrogen and oxygen atoms in total. The number of hydrogen-bond donors (Lipinski definition) is 1. The molecule has 0 saturated heterocycles. The first-order valence-electron chi connectivity index (χ1n) is 10.8. The highest BCUT2D eigenvalue weighted by molar-refractivity contribution is 7.89. The highest BCUT2D eigenvalue weighted by Crippen LogP contribution is 2.19. The molecule has 0 heterocycles. The Balaban J connectivity index is 1.91. The highest BCUT2D eigenvalue weighted by atomic mass is 32.2. The molecule has 0 radical (unpaired) electrons. The minimum absolute atomic E-state index is 0.00165. The van der Waals surface area contributed by atoms with Crippen LogP contribution in [0.25, 0.3) is 0 Å². The van der Waals surface area contributed by atoms with Crippen molar-refractivity contribution in [3.8, 4) is 5.75 Å². The number of nitro groups is 2. The third-order valence-electron chi connectivity index (χ3n) is 4.67. The number of allylic oxidation sites excluding steroid dienone is 1. The van der Waals surface area contributed by atoms with E-state index >= 15 is 0 Å². The maximum Gasteiger partial charge on any atom is 0.269 e. The van der Waals surface area contributed by atoms with Gasteiger partial charge >= 0.3 is 0 Å². The zero-order valence-corrected chi connectivity index (χ0v) is 21.7. The van der Waals surface area contributed by atoms with E-state index in [4.69, 9.17) is 4.74 Å². The lowest BCUT2D eigenvalue weighted by atomic mass is 10.1. The molecule has 2 aromatic carbocycles. The van der Waals surface area contributed by atoms with Crippen LogP contribution in [0.4, 0.5) is 11.4 Å². The maximum absolute atomic E-state index is 12.5. The van der Waals surface area contributed by atoms with Crippen LogP contribution < -0.4 is 9.46 Å². The Morgan fingerprint density at radius 2 is 1.49 bits per heavy atom. The van der Waals surface area contributed by atoms with Crippen molar-refractivity contribution in [1.82, 2.24) is 4.72 Å². The monoisotopic (exact) mass is 519 g/mol. The molecule has 0 aliphatic carbocycles. The molecular formula is C23H29N3O7SSi. The summed E-state index contributed by atoms with van der Waals surface area (Å²) in [6.45, 7) is 7.06. The average molecular weight is 520 g/mol. The highest BCUT2D eigenvalue weighted by Gasteiger charge is 2.16. The van der Waals surface area contributed by atoms with Gasteiger partial charge in [0.15, 0.2) is 0 Å². The minimum Gasteiger partial charge on any atom is -0.490 e. The molecule has 188 valence electrons. The van der Waals surface area contributed by atoms with E-state index in [-0.39, 0.29) is 22.8 Å². The lowest BCUT2D eigenvalue weighted by Gasteiger charge is -2.14. The Kier molecular flexibility index (Phi) is 9.86. The third kappa shape index (κ3) is 9.80. The average Bonchev–Trinajstić information content (AvgIpc) is 2.78. The number of rotatable bonds is 13. The van der Waals surface area contributed by atoms with Crippen LogP contribution in [0.3, 0.4) is 0 Å². The number of nitrogens with one attached hydrogen (secondary N) is 1. The van der Waals surface area contributed by atoms with E-state index < -0.39 is 27.9 Å². The number of benzene rings is 2. The van der Waals surface area contributed by atoms with E-state index in [9.17, 15) is 28.6 Å². The van der Waals surface area contributed by atoms with Crippen molar-refractivity contribution in [3.63, 3.8) is 0 Å². The van der Waals surface area contributed by atoms with Gasteiger partial charge in [-0.2, -0.15) is 0 Å². The van der Waals surface area contributed by atoms with Crippen LogP contribution in [-0.4, -0.2) is 39.5 Å². The van der Waals surface area contributed by atoms with Crippen molar-refractivity contribution in [2.45, 2.75) is 37.4 Å². The van der Waals surface area contributed by atoms with Crippen LogP contribution in [0, 0.1) is 20.2 Å². The topological polar surface area (TPSA) is 142 Å². The number of nitrogens with zero attached hydrogens (tertiary/aromatic N) is 2. The molecule has 2 rings (SSSR count). The summed E-state index contributed by atoms with van der Waals surface area (Å²) in [5.41, 5.74) is 3.16. The van der Waals surface area contributed by atoms with Crippen molar-refractivity contribution in [2.75, 3.05) is 13.2 Å². The Bertz CT molecular complexity index is 1190. The maximum atomic E-state index is 12.5. The Morgan fingerprint density at radius 3 is 2.00 bits per heavy atom. The van der Waals surface area contributed by atoms with Crippen molar-refractivity contribution in [1.29, 1.82) is 0 Å². The first kappa shape index (κ1) is 27.9. The molecule has 0 fully saturated rings. The smallest absolute Gasteiger partial charge is 0.269 e. The Labute approximate surface area is 205 Å². The molecule has 2 aromatic rings. The van der Waals surface area contributed by atoms with Crippen molar-refractivity contribution < 1.29 is 23.0 Å². The van der Waals surface area contributed by atoms with E-state index in [1.807, 2.05) is 12.2 Å². The number of hydrogen-bond acceptors (Lipinski definition) is 7. The van der Waals surface area contributed by atoms with Crippen LogP contribution in [0.1, 0.15) is 12.8 Å². The number of nitro benzene ring substituents is 2. The zero-order chi connectivity index (χ0) is 26.1. The van der Waals surface area contributed by atoms with Gasteiger partial charge in [-0.15, -0.1) is 0 Å². The predicted octanol–water partition coefficient (Wildman–Crippen LogP) is 5.00. The van der Waals surface area contributed by atoms with Crippen LogP contribution in [-0.2, 0) is 10.0 Å². The van der Waals surface area contributed by atoms with Crippen molar-refractivity contribution >= 4 is 29.5 Å². The summed E-state index contributed by atoms with van der Waals surface area (Å²) in [6, 6.07) is 10.6. The van der Waals surface area contributed by atoms with E-state index in [1.54, 1.807) is 12.1 Å². The molecule has 0 aliphatic rings. The summed E-state index contributed by atoms with van der Waals surface area (Å²) in [7, 11) is -5.34. The molecule has 1 N–H and O–H groups in total. The molecular weight excluding hydrogens is 490 g/mol. The zero-order valence-electron chi connectivity index (χ0n) is 19.8. The van der Waals surface area contributed by atoms with Gasteiger partial charge in [0.1, 0.15) is 12.4 Å². The second-order valence-corrected chi connectivity index (χ2v) is 15.6. The van der Waals surface area contributed by atoms with E-state index in [1.165, 1.54) is 24.3 Å². The van der Waals surface area contributed by atoms with Crippen molar-refractivity contribution in [2.24, 2.45) is 0 Å². The minimum atomic E-state index is -3.78. The van der Waals surface area contributed by atoms with Crippen LogP contribution >= 0.6 is 0 Å². The van der Waals surface area contributed by atoms with Gasteiger partial charge in [0.25, 0.3) is 11.4 Å². The first-order valence-corrected chi connectivity index (χ1v) is 15.9. The standard InChI is InChI=1S/C23H29N3O7SSi/c1-35(2,3)18-19(6-4-5-17-33-22-11-7-20(8-12-22)25(27)28)15-16-24-34(31,32)23-13-9-21(10-14-23)26(29)30/h4-5,7-14,18,24H,6,15-17H2,1-3H3/b5-4+,19-18-. The number of sulfonamides is 1. The Hall–Kier alpha value is -3.35. The van der Waals surface area contributed by atoms with E-state index in [0.29, 0.717) is 25.2 Å². The molecule has 0 aliphatic heterocycles. The fraction of sp³-hybridized carbons (Fsp3) is 0.304. The molecule has 0 atom stereocenters. The van der Waals surface area contributed by atoms with Gasteiger partial charge in [-0.1, -0.05) is 43.1 Å². The van der Waals surface area contributed by atoms with Crippen LogP contribution in [0.5, 0.6) is 5.75 Å². The largest absolute Gasteiger partial charge is 0.490 e. The SMILES string of the molecule is C[Si](C)(C)/C=C(/C/C=C/COc1ccc([N+](=O)[O-])cc1)CCNS(=O)(=O)c1ccc([N+](=O)[O-])cc1. The van der Waals surface area contributed by atoms with E-state index in [0.717, 1.165) is 17.7 Å². The van der Waals surface area contributed by atoms with Gasteiger partial charge in [-0.05, 0) is 37.1 Å². The molecule has 12 heteroatoms. The van der Waals surface area contributed by atoms with Gasteiger partial charge < -0.3 is 4.74 Å². The molecule has 0 bridgehead atoms. The first-order chi connectivity index (χ1) is 16.4. The molecule has 35 heavy (non-hydrogen) atoms. The summed E-state index contributed by atoms with van der Waals surface area (Å²) >= 11 is 0. The predicted molar refractivity (Wildman–Crippen MR) is 137 cm³/mol. The summed E-state index contributed by atoms with van der Waals surface area (Å²) < 4.78 is 33.1. The lowest BCUT2D eigenvalue weighted by Crippen LogP contribution is -2.25. The molecule has 0 amide bonds. The number of ether oxygens (including phenoxy) is 1. The summed E-state index contributed by atoms with van der Waals surface area (Å²) in [5.74, 6) is 0.527. The van der Waals surface area contributed by atoms with Gasteiger partial charge in [-0.3, -0.25) is 20.2 Å². The molecule has 0 spiro atoms. The quantitative estimate of drug-likeness (QED) is 0.170. The second-order valence-electron chi connectivity index (χ2n) is 8.80. The summed E-state index contributed by atoms with van der Waals surface area (Å²) in [5, 5.41) is 21.5. The molecule has 0 aromatic heterocycles. The van der Waals surface area contributed by atoms with Gasteiger partial charge in [0.05, 0.1) is 22.8 Å². The van der Waals surface area contributed by atoms with Gasteiger partial charge in [0, 0.05) is 30.8 Å². The van der Waals surface area contributed by atoms with Gasteiger partial charge in [-0.25, -0.2) is 13.1 Å². The summed E-state index contributed by atoms with van der Waals surface area (Å²) in [4.78, 5) is 20.4. The lowest BCUT2D eigenvalue weighted by molar-refractivity contribution is -0.385. The van der Waals surface area contributed by atoms with Gasteiger partial charge in [0.2, 0.25) is 10.0 Å². The van der Waals surface area contributed by atoms with E-state index in [2.05, 4.69) is 30.1 Å². The Morgan fingerprint density at radius 1 is 0.943 bits per heavy atom. The van der Waals surface area contributed by atoms with Crippen LogP contribution in [0.2, 0.25) is 19.6 Å². The van der Waals surface area contributed by atoms with Crippen molar-refractivity contribution in [3.05, 3.63) is 92.2 Å². The molecule has 0 saturated carbocycles. The van der Waals surface area contributed by atoms with Crippen LogP contribution in [0.15, 0.2) is 76.9 Å². The second kappa shape index (κ2) is 12.4. The third-order valence-corrected chi connectivity index (χ3v) is 7.42. The molecule has 0 unspecified atom stereocenters. The fourth-order valence-corrected chi connectivity index (χ4v) is 5.65.